The molecule has 3 rings (SSSR count). The number of carbonyl (C=O) groups excluding carboxylic acids is 1. The first-order valence-electron chi connectivity index (χ1n) is 8.68. The van der Waals surface area contributed by atoms with E-state index in [1.807, 2.05) is 6.07 Å². The maximum Gasteiger partial charge on any atom is 0.225 e. The van der Waals surface area contributed by atoms with E-state index in [-0.39, 0.29) is 11.8 Å². The van der Waals surface area contributed by atoms with Crippen molar-refractivity contribution >= 4 is 11.7 Å². The predicted octanol–water partition coefficient (Wildman–Crippen LogP) is 2.62. The first-order valence-corrected chi connectivity index (χ1v) is 8.68. The molecule has 1 aliphatic heterocycles. The number of carbonyl (C=O) groups is 1. The Morgan fingerprint density at radius 3 is 2.74 bits per heavy atom. The van der Waals surface area contributed by atoms with Crippen molar-refractivity contribution < 1.29 is 4.79 Å². The number of anilines is 1. The summed E-state index contributed by atoms with van der Waals surface area (Å²) in [5.41, 5.74) is 0.567. The van der Waals surface area contributed by atoms with Crippen LogP contribution in [-0.4, -0.2) is 30.0 Å². The van der Waals surface area contributed by atoms with Crippen molar-refractivity contribution in [3.8, 4) is 6.07 Å². The molecule has 1 amide bonds. The minimum absolute atomic E-state index is 0.0446. The van der Waals surface area contributed by atoms with Crippen molar-refractivity contribution in [2.75, 3.05) is 18.0 Å². The average Bonchev–Trinajstić information content (AvgIpc) is 2.63. The molecule has 122 valence electrons. The van der Waals surface area contributed by atoms with Gasteiger partial charge in [0.2, 0.25) is 5.91 Å². The summed E-state index contributed by atoms with van der Waals surface area (Å²) < 4.78 is 0. The summed E-state index contributed by atoms with van der Waals surface area (Å²) in [7, 11) is 0. The molecule has 1 saturated heterocycles. The van der Waals surface area contributed by atoms with Gasteiger partial charge in [-0.25, -0.2) is 4.98 Å². The standard InChI is InChI=1S/C18H24N4O/c19-11-14-8-9-17(20-12-14)22-10-4-5-15(13-22)18(23)21-16-6-2-1-3-7-16/h8-9,12,15-16H,1-7,10,13H2,(H,21,23). The third-order valence-corrected chi connectivity index (χ3v) is 4.94. The minimum atomic E-state index is 0.0446. The van der Waals surface area contributed by atoms with Crippen LogP contribution in [0.4, 0.5) is 5.82 Å². The number of rotatable bonds is 3. The normalized spacial score (nSPS) is 22.4. The quantitative estimate of drug-likeness (QED) is 0.931. The van der Waals surface area contributed by atoms with Crippen LogP contribution in [0, 0.1) is 17.2 Å². The lowest BCUT2D eigenvalue weighted by Crippen LogP contribution is -2.46. The molecule has 1 unspecified atom stereocenters. The molecule has 1 N–H and O–H groups in total. The van der Waals surface area contributed by atoms with Gasteiger partial charge in [0.15, 0.2) is 0 Å². The Kier molecular flexibility index (Phi) is 5.12. The fraction of sp³-hybridized carbons (Fsp3) is 0.611. The summed E-state index contributed by atoms with van der Waals surface area (Å²) in [6.45, 7) is 1.64. The van der Waals surface area contributed by atoms with E-state index in [2.05, 4.69) is 21.3 Å². The third-order valence-electron chi connectivity index (χ3n) is 4.94. The summed E-state index contributed by atoms with van der Waals surface area (Å²) >= 11 is 0. The zero-order valence-electron chi connectivity index (χ0n) is 13.5. The van der Waals surface area contributed by atoms with Crippen LogP contribution in [0.5, 0.6) is 0 Å². The summed E-state index contributed by atoms with van der Waals surface area (Å²) in [6.07, 6.45) is 9.57. The van der Waals surface area contributed by atoms with Gasteiger partial charge in [0.1, 0.15) is 11.9 Å². The van der Waals surface area contributed by atoms with Crippen LogP contribution in [0.2, 0.25) is 0 Å². The SMILES string of the molecule is N#Cc1ccc(N2CCCC(C(=O)NC3CCCCC3)C2)nc1. The summed E-state index contributed by atoms with van der Waals surface area (Å²) in [5, 5.41) is 12.1. The molecule has 2 fully saturated rings. The second-order valence-electron chi connectivity index (χ2n) is 6.65. The number of nitrogens with zero attached hydrogens (tertiary/aromatic N) is 3. The highest BCUT2D eigenvalue weighted by atomic mass is 16.2. The van der Waals surface area contributed by atoms with Gasteiger partial charge in [-0.3, -0.25) is 4.79 Å². The number of nitrogens with one attached hydrogen (secondary N) is 1. The van der Waals surface area contributed by atoms with Gasteiger partial charge in [-0.15, -0.1) is 0 Å². The second kappa shape index (κ2) is 7.45. The first-order chi connectivity index (χ1) is 11.3. The van der Waals surface area contributed by atoms with E-state index in [1.165, 1.54) is 19.3 Å². The van der Waals surface area contributed by atoms with Crippen LogP contribution in [0.3, 0.4) is 0 Å². The van der Waals surface area contributed by atoms with E-state index in [1.54, 1.807) is 12.3 Å². The number of aromatic nitrogens is 1. The van der Waals surface area contributed by atoms with E-state index in [9.17, 15) is 4.79 Å². The lowest BCUT2D eigenvalue weighted by atomic mass is 9.93. The molecule has 5 nitrogen and oxygen atoms in total. The summed E-state index contributed by atoms with van der Waals surface area (Å²) in [6, 6.07) is 6.12. The van der Waals surface area contributed by atoms with Crippen molar-refractivity contribution in [1.82, 2.24) is 10.3 Å². The lowest BCUT2D eigenvalue weighted by Gasteiger charge is -2.34. The Labute approximate surface area is 137 Å². The molecular formula is C18H24N4O. The van der Waals surface area contributed by atoms with Crippen molar-refractivity contribution in [3.05, 3.63) is 23.9 Å². The Balaban J connectivity index is 1.58. The number of pyridine rings is 1. The number of piperidine rings is 1. The van der Waals surface area contributed by atoms with E-state index >= 15 is 0 Å². The van der Waals surface area contributed by atoms with Gasteiger partial charge >= 0.3 is 0 Å². The molecule has 0 radical (unpaired) electrons. The van der Waals surface area contributed by atoms with E-state index in [0.29, 0.717) is 11.6 Å². The smallest absolute Gasteiger partial charge is 0.225 e. The monoisotopic (exact) mass is 312 g/mol. The molecule has 0 bridgehead atoms. The number of amides is 1. The molecule has 2 heterocycles. The van der Waals surface area contributed by atoms with E-state index in [4.69, 9.17) is 5.26 Å². The van der Waals surface area contributed by atoms with Crippen molar-refractivity contribution in [3.63, 3.8) is 0 Å². The molecule has 5 heteroatoms. The van der Waals surface area contributed by atoms with Gasteiger partial charge in [-0.1, -0.05) is 19.3 Å². The third kappa shape index (κ3) is 4.01. The number of hydrogen-bond acceptors (Lipinski definition) is 4. The molecule has 0 spiro atoms. The predicted molar refractivity (Wildman–Crippen MR) is 88.9 cm³/mol. The molecule has 1 atom stereocenters. The van der Waals surface area contributed by atoms with Crippen LogP contribution >= 0.6 is 0 Å². The molecule has 2 aliphatic rings. The van der Waals surface area contributed by atoms with Crippen LogP contribution in [0.15, 0.2) is 18.3 Å². The van der Waals surface area contributed by atoms with Crippen LogP contribution in [0.1, 0.15) is 50.5 Å². The van der Waals surface area contributed by atoms with Crippen LogP contribution in [-0.2, 0) is 4.79 Å². The fourth-order valence-corrected chi connectivity index (χ4v) is 3.60. The average molecular weight is 312 g/mol. The first kappa shape index (κ1) is 15.8. The number of hydrogen-bond donors (Lipinski definition) is 1. The highest BCUT2D eigenvalue weighted by Gasteiger charge is 2.28. The zero-order chi connectivity index (χ0) is 16.1. The molecular weight excluding hydrogens is 288 g/mol. The van der Waals surface area contributed by atoms with Crippen LogP contribution in [0.25, 0.3) is 0 Å². The zero-order valence-corrected chi connectivity index (χ0v) is 13.5. The van der Waals surface area contributed by atoms with Crippen molar-refractivity contribution in [1.29, 1.82) is 5.26 Å². The largest absolute Gasteiger partial charge is 0.356 e. The lowest BCUT2D eigenvalue weighted by molar-refractivity contribution is -0.126. The molecule has 1 aliphatic carbocycles. The molecule has 0 aromatic carbocycles. The molecule has 1 aromatic heterocycles. The van der Waals surface area contributed by atoms with Gasteiger partial charge in [0.25, 0.3) is 0 Å². The van der Waals surface area contributed by atoms with Crippen LogP contribution < -0.4 is 10.2 Å². The molecule has 1 saturated carbocycles. The second-order valence-corrected chi connectivity index (χ2v) is 6.65. The highest BCUT2D eigenvalue weighted by molar-refractivity contribution is 5.79. The minimum Gasteiger partial charge on any atom is -0.356 e. The Morgan fingerprint density at radius 2 is 2.04 bits per heavy atom. The molecule has 23 heavy (non-hydrogen) atoms. The number of nitriles is 1. The Morgan fingerprint density at radius 1 is 1.22 bits per heavy atom. The summed E-state index contributed by atoms with van der Waals surface area (Å²) in [4.78, 5) is 19.1. The van der Waals surface area contributed by atoms with Gasteiger partial charge < -0.3 is 10.2 Å². The highest BCUT2D eigenvalue weighted by Crippen LogP contribution is 2.23. The summed E-state index contributed by atoms with van der Waals surface area (Å²) in [5.74, 6) is 1.11. The van der Waals surface area contributed by atoms with Gasteiger partial charge in [-0.05, 0) is 37.8 Å². The maximum absolute atomic E-state index is 12.5. The van der Waals surface area contributed by atoms with Gasteiger partial charge in [0.05, 0.1) is 11.5 Å². The van der Waals surface area contributed by atoms with Gasteiger partial charge in [-0.2, -0.15) is 5.26 Å². The fourth-order valence-electron chi connectivity index (χ4n) is 3.60. The van der Waals surface area contributed by atoms with E-state index < -0.39 is 0 Å². The Hall–Kier alpha value is -2.09. The maximum atomic E-state index is 12.5. The Bertz CT molecular complexity index is 572. The topological polar surface area (TPSA) is 69.0 Å². The van der Waals surface area contributed by atoms with Gasteiger partial charge in [0, 0.05) is 25.3 Å². The van der Waals surface area contributed by atoms with Crippen molar-refractivity contribution in [2.24, 2.45) is 5.92 Å². The van der Waals surface area contributed by atoms with Crippen molar-refractivity contribution in [2.45, 2.75) is 51.0 Å². The van der Waals surface area contributed by atoms with E-state index in [0.717, 1.165) is 44.6 Å². The molecule has 1 aromatic rings.